The first-order valence-corrected chi connectivity index (χ1v) is 6.01. The molecule has 1 atom stereocenters. The van der Waals surface area contributed by atoms with Crippen LogP contribution in [0, 0.1) is 0 Å². The van der Waals surface area contributed by atoms with Crippen LogP contribution in [0.1, 0.15) is 38.7 Å². The normalized spacial score (nSPS) is 12.4. The second kappa shape index (κ2) is 7.18. The van der Waals surface area contributed by atoms with E-state index < -0.39 is 0 Å². The zero-order chi connectivity index (χ0) is 11.8. The fourth-order valence-electron chi connectivity index (χ4n) is 1.69. The lowest BCUT2D eigenvalue weighted by Gasteiger charge is -2.15. The summed E-state index contributed by atoms with van der Waals surface area (Å²) in [6.45, 7) is 4.58. The Labute approximate surface area is 98.1 Å². The number of carbonyl (C=O) groups excluding carboxylic acids is 1. The first kappa shape index (κ1) is 12.9. The summed E-state index contributed by atoms with van der Waals surface area (Å²) in [4.78, 5) is 11.4. The molecule has 0 saturated carbocycles. The van der Waals surface area contributed by atoms with Gasteiger partial charge in [0.1, 0.15) is 5.78 Å². The van der Waals surface area contributed by atoms with Crippen molar-refractivity contribution in [1.29, 1.82) is 0 Å². The van der Waals surface area contributed by atoms with E-state index in [0.717, 1.165) is 25.8 Å². The van der Waals surface area contributed by atoms with Crippen LogP contribution >= 0.6 is 0 Å². The third-order valence-electron chi connectivity index (χ3n) is 2.73. The molecule has 0 heterocycles. The summed E-state index contributed by atoms with van der Waals surface area (Å²) in [6, 6.07) is 10.2. The molecule has 0 aliphatic carbocycles. The molecule has 1 aromatic rings. The predicted octanol–water partition coefficient (Wildman–Crippen LogP) is 2.92. The molecule has 0 spiro atoms. The second-order valence-corrected chi connectivity index (χ2v) is 4.17. The molecule has 0 radical (unpaired) electrons. The van der Waals surface area contributed by atoms with Crippen LogP contribution < -0.4 is 5.32 Å². The number of nitrogens with one attached hydrogen (secondary N) is 1. The van der Waals surface area contributed by atoms with E-state index >= 15 is 0 Å². The third-order valence-corrected chi connectivity index (χ3v) is 2.73. The molecule has 2 heteroatoms. The van der Waals surface area contributed by atoms with Crippen molar-refractivity contribution in [1.82, 2.24) is 5.32 Å². The minimum absolute atomic E-state index is 0.0140. The van der Waals surface area contributed by atoms with Gasteiger partial charge in [-0.25, -0.2) is 0 Å². The lowest BCUT2D eigenvalue weighted by molar-refractivity contribution is -0.119. The van der Waals surface area contributed by atoms with Gasteiger partial charge in [0.25, 0.3) is 0 Å². The van der Waals surface area contributed by atoms with Crippen molar-refractivity contribution >= 4 is 5.78 Å². The number of rotatable bonds is 7. The minimum atomic E-state index is 0.0140. The van der Waals surface area contributed by atoms with Gasteiger partial charge in [-0.2, -0.15) is 0 Å². The van der Waals surface area contributed by atoms with E-state index in [1.807, 2.05) is 18.2 Å². The Morgan fingerprint density at radius 3 is 2.56 bits per heavy atom. The van der Waals surface area contributed by atoms with Crippen molar-refractivity contribution in [2.24, 2.45) is 0 Å². The molecule has 0 bridgehead atoms. The molecule has 0 amide bonds. The van der Waals surface area contributed by atoms with Crippen LogP contribution in [0.3, 0.4) is 0 Å². The summed E-state index contributed by atoms with van der Waals surface area (Å²) in [5.74, 6) is 0.240. The van der Waals surface area contributed by atoms with Gasteiger partial charge in [0, 0.05) is 6.54 Å². The third kappa shape index (κ3) is 4.58. The largest absolute Gasteiger partial charge is 0.303 e. The molecule has 0 aromatic heterocycles. The number of carbonyl (C=O) groups is 1. The van der Waals surface area contributed by atoms with Gasteiger partial charge >= 0.3 is 0 Å². The molecule has 0 fully saturated rings. The number of Topliss-reactive ketones (excluding diaryl/α,β-unsaturated/α-hetero) is 1. The van der Waals surface area contributed by atoms with Crippen molar-refractivity contribution < 1.29 is 4.79 Å². The van der Waals surface area contributed by atoms with Gasteiger partial charge in [0.15, 0.2) is 0 Å². The van der Waals surface area contributed by atoms with Gasteiger partial charge in [0.05, 0.1) is 6.04 Å². The Morgan fingerprint density at radius 1 is 1.31 bits per heavy atom. The first-order valence-electron chi connectivity index (χ1n) is 6.01. The maximum absolute atomic E-state index is 11.4. The minimum Gasteiger partial charge on any atom is -0.303 e. The highest BCUT2D eigenvalue weighted by atomic mass is 16.1. The zero-order valence-electron chi connectivity index (χ0n) is 10.2. The van der Waals surface area contributed by atoms with Crippen LogP contribution in [0.4, 0.5) is 0 Å². The molecule has 1 N–H and O–H groups in total. The van der Waals surface area contributed by atoms with Gasteiger partial charge in [-0.3, -0.25) is 4.79 Å². The van der Waals surface area contributed by atoms with E-state index in [2.05, 4.69) is 24.4 Å². The average molecular weight is 219 g/mol. The molecular weight excluding hydrogens is 198 g/mol. The fourth-order valence-corrected chi connectivity index (χ4v) is 1.69. The van der Waals surface area contributed by atoms with Crippen LogP contribution in [-0.2, 0) is 11.3 Å². The number of ketones is 1. The molecule has 1 rings (SSSR count). The van der Waals surface area contributed by atoms with Crippen molar-refractivity contribution in [3.63, 3.8) is 0 Å². The van der Waals surface area contributed by atoms with Crippen LogP contribution in [0.2, 0.25) is 0 Å². The van der Waals surface area contributed by atoms with E-state index in [1.165, 1.54) is 5.56 Å². The van der Waals surface area contributed by atoms with Crippen LogP contribution in [0.15, 0.2) is 30.3 Å². The number of hydrogen-bond donors (Lipinski definition) is 1. The summed E-state index contributed by atoms with van der Waals surface area (Å²) in [7, 11) is 0. The van der Waals surface area contributed by atoms with E-state index in [-0.39, 0.29) is 11.8 Å². The molecule has 1 aromatic carbocycles. The smallest absolute Gasteiger partial charge is 0.146 e. The van der Waals surface area contributed by atoms with Crippen LogP contribution in [0.5, 0.6) is 0 Å². The number of hydrogen-bond acceptors (Lipinski definition) is 2. The maximum atomic E-state index is 11.4. The highest BCUT2D eigenvalue weighted by Gasteiger charge is 2.12. The summed E-state index contributed by atoms with van der Waals surface area (Å²) < 4.78 is 0. The Balaban J connectivity index is 2.41. The molecule has 16 heavy (non-hydrogen) atoms. The van der Waals surface area contributed by atoms with Crippen LogP contribution in [0.25, 0.3) is 0 Å². The molecule has 1 unspecified atom stereocenters. The summed E-state index contributed by atoms with van der Waals surface area (Å²) >= 11 is 0. The lowest BCUT2D eigenvalue weighted by Crippen LogP contribution is -2.34. The van der Waals surface area contributed by atoms with Gasteiger partial charge in [-0.1, -0.05) is 50.1 Å². The molecule has 0 saturated heterocycles. The Kier molecular flexibility index (Phi) is 5.79. The topological polar surface area (TPSA) is 29.1 Å². The molecule has 2 nitrogen and oxygen atoms in total. The van der Waals surface area contributed by atoms with E-state index in [9.17, 15) is 4.79 Å². The summed E-state index contributed by atoms with van der Waals surface area (Å²) in [6.07, 6.45) is 3.18. The van der Waals surface area contributed by atoms with Crippen molar-refractivity contribution in [2.75, 3.05) is 0 Å². The van der Waals surface area contributed by atoms with E-state index in [1.54, 1.807) is 6.92 Å². The summed E-state index contributed by atoms with van der Waals surface area (Å²) in [5, 5.41) is 3.32. The first-order chi connectivity index (χ1) is 7.74. The standard InChI is InChI=1S/C14H21NO/c1-3-4-10-14(12(2)16)15-11-13-8-6-5-7-9-13/h5-9,14-15H,3-4,10-11H2,1-2H3. The van der Waals surface area contributed by atoms with Gasteiger partial charge in [-0.05, 0) is 18.9 Å². The fraction of sp³-hybridized carbons (Fsp3) is 0.500. The van der Waals surface area contributed by atoms with Gasteiger partial charge in [-0.15, -0.1) is 0 Å². The number of unbranched alkanes of at least 4 members (excludes halogenated alkanes) is 1. The molecular formula is C14H21NO. The molecule has 88 valence electrons. The van der Waals surface area contributed by atoms with Gasteiger partial charge < -0.3 is 5.32 Å². The lowest BCUT2D eigenvalue weighted by atomic mass is 10.1. The SMILES string of the molecule is CCCCC(NCc1ccccc1)C(C)=O. The Bertz CT molecular complexity index is 308. The predicted molar refractivity (Wildman–Crippen MR) is 67.3 cm³/mol. The quantitative estimate of drug-likeness (QED) is 0.764. The Hall–Kier alpha value is -1.15. The summed E-state index contributed by atoms with van der Waals surface area (Å²) in [5.41, 5.74) is 1.23. The van der Waals surface area contributed by atoms with E-state index in [0.29, 0.717) is 0 Å². The Morgan fingerprint density at radius 2 is 2.00 bits per heavy atom. The maximum Gasteiger partial charge on any atom is 0.146 e. The van der Waals surface area contributed by atoms with Gasteiger partial charge in [0.2, 0.25) is 0 Å². The van der Waals surface area contributed by atoms with E-state index in [4.69, 9.17) is 0 Å². The zero-order valence-corrected chi connectivity index (χ0v) is 10.2. The second-order valence-electron chi connectivity index (χ2n) is 4.17. The average Bonchev–Trinajstić information content (AvgIpc) is 2.30. The monoisotopic (exact) mass is 219 g/mol. The molecule has 0 aliphatic rings. The van der Waals surface area contributed by atoms with Crippen molar-refractivity contribution in [3.05, 3.63) is 35.9 Å². The van der Waals surface area contributed by atoms with Crippen LogP contribution in [-0.4, -0.2) is 11.8 Å². The highest BCUT2D eigenvalue weighted by Crippen LogP contribution is 2.04. The highest BCUT2D eigenvalue weighted by molar-refractivity contribution is 5.81. The number of benzene rings is 1. The molecule has 0 aliphatic heterocycles. The van der Waals surface area contributed by atoms with Crippen molar-refractivity contribution in [2.45, 2.75) is 45.7 Å². The van der Waals surface area contributed by atoms with Crippen molar-refractivity contribution in [3.8, 4) is 0 Å².